The maximum absolute atomic E-state index is 12.9. The van der Waals surface area contributed by atoms with Crippen LogP contribution in [0.5, 0.6) is 11.5 Å². The number of hydrogen-bond acceptors (Lipinski definition) is 6. The van der Waals surface area contributed by atoms with Gasteiger partial charge in [0.05, 0.1) is 36.3 Å². The first-order valence-corrected chi connectivity index (χ1v) is 11.6. The van der Waals surface area contributed by atoms with Crippen molar-refractivity contribution in [2.24, 2.45) is 0 Å². The van der Waals surface area contributed by atoms with Crippen molar-refractivity contribution in [3.63, 3.8) is 0 Å². The van der Waals surface area contributed by atoms with Gasteiger partial charge in [0.15, 0.2) is 11.5 Å². The van der Waals surface area contributed by atoms with E-state index in [0.29, 0.717) is 43.5 Å². The van der Waals surface area contributed by atoms with E-state index >= 15 is 0 Å². The summed E-state index contributed by atoms with van der Waals surface area (Å²) in [6.07, 6.45) is -0.123. The third-order valence-electron chi connectivity index (χ3n) is 4.54. The van der Waals surface area contributed by atoms with Crippen LogP contribution in [0.2, 0.25) is 5.02 Å². The van der Waals surface area contributed by atoms with Gasteiger partial charge in [-0.25, -0.2) is 8.42 Å². The minimum atomic E-state index is -3.68. The number of nitrogens with one attached hydrogen (secondary N) is 1. The topological polar surface area (TPSA) is 94.2 Å². The molecule has 0 saturated carbocycles. The van der Waals surface area contributed by atoms with Crippen molar-refractivity contribution in [2.45, 2.75) is 24.8 Å². The second-order valence-electron chi connectivity index (χ2n) is 7.15. The molecule has 0 atom stereocenters. The SMILES string of the molecule is COc1cc(C(=O)Nc2cccc(S(=O)(=O)N3CCOCC3)c2)cc(Cl)c1OC(C)C. The Morgan fingerprint density at radius 1 is 1.19 bits per heavy atom. The van der Waals surface area contributed by atoms with E-state index in [0.717, 1.165) is 0 Å². The second kappa shape index (κ2) is 9.86. The van der Waals surface area contributed by atoms with E-state index in [4.69, 9.17) is 25.8 Å². The third-order valence-corrected chi connectivity index (χ3v) is 6.72. The molecule has 0 unspecified atom stereocenters. The molecule has 0 aliphatic carbocycles. The van der Waals surface area contributed by atoms with Crippen LogP contribution >= 0.6 is 11.6 Å². The highest BCUT2D eigenvalue weighted by Crippen LogP contribution is 2.37. The lowest BCUT2D eigenvalue weighted by atomic mass is 10.1. The van der Waals surface area contributed by atoms with Gasteiger partial charge in [-0.1, -0.05) is 17.7 Å². The normalized spacial score (nSPS) is 15.0. The molecule has 1 heterocycles. The summed E-state index contributed by atoms with van der Waals surface area (Å²) in [5, 5.41) is 2.95. The molecule has 1 saturated heterocycles. The van der Waals surface area contributed by atoms with Gasteiger partial charge in [0, 0.05) is 24.3 Å². The van der Waals surface area contributed by atoms with Crippen LogP contribution in [0.4, 0.5) is 5.69 Å². The molecule has 0 spiro atoms. The van der Waals surface area contributed by atoms with Crippen LogP contribution < -0.4 is 14.8 Å². The van der Waals surface area contributed by atoms with Crippen LogP contribution in [0.15, 0.2) is 41.3 Å². The second-order valence-corrected chi connectivity index (χ2v) is 9.50. The quantitative estimate of drug-likeness (QED) is 0.669. The fraction of sp³-hybridized carbons (Fsp3) is 0.381. The highest BCUT2D eigenvalue weighted by atomic mass is 35.5. The van der Waals surface area contributed by atoms with Crippen molar-refractivity contribution >= 4 is 33.2 Å². The molecule has 3 rings (SSSR count). The summed E-state index contributed by atoms with van der Waals surface area (Å²) in [5.41, 5.74) is 0.594. The number of rotatable bonds is 7. The summed E-state index contributed by atoms with van der Waals surface area (Å²) in [6, 6.07) is 9.12. The number of carbonyl (C=O) groups excluding carboxylic acids is 1. The first kappa shape index (κ1) is 23.3. The van der Waals surface area contributed by atoms with E-state index in [9.17, 15) is 13.2 Å². The molecule has 1 aliphatic rings. The largest absolute Gasteiger partial charge is 0.493 e. The molecule has 0 aromatic heterocycles. The number of carbonyl (C=O) groups is 1. The van der Waals surface area contributed by atoms with Gasteiger partial charge in [0.25, 0.3) is 5.91 Å². The van der Waals surface area contributed by atoms with Crippen molar-refractivity contribution in [3.8, 4) is 11.5 Å². The van der Waals surface area contributed by atoms with Crippen molar-refractivity contribution in [3.05, 3.63) is 47.0 Å². The standard InChI is InChI=1S/C21H25ClN2O6S/c1-14(2)30-20-18(22)11-15(12-19(20)28-3)21(25)23-16-5-4-6-17(13-16)31(26,27)24-7-9-29-10-8-24/h4-6,11-14H,7-10H2,1-3H3,(H,23,25). The van der Waals surface area contributed by atoms with E-state index in [1.165, 1.54) is 35.7 Å². The molecular formula is C21H25ClN2O6S. The predicted octanol–water partition coefficient (Wildman–Crippen LogP) is 3.41. The van der Waals surface area contributed by atoms with Gasteiger partial charge in [0.2, 0.25) is 10.0 Å². The molecule has 1 aliphatic heterocycles. The molecule has 1 N–H and O–H groups in total. The smallest absolute Gasteiger partial charge is 0.255 e. The Morgan fingerprint density at radius 3 is 2.55 bits per heavy atom. The molecular weight excluding hydrogens is 444 g/mol. The molecule has 2 aromatic rings. The number of nitrogens with zero attached hydrogens (tertiary/aromatic N) is 1. The van der Waals surface area contributed by atoms with Crippen molar-refractivity contribution in [1.29, 1.82) is 0 Å². The van der Waals surface area contributed by atoms with Crippen LogP contribution in [0.25, 0.3) is 0 Å². The van der Waals surface area contributed by atoms with Gasteiger partial charge in [-0.3, -0.25) is 4.79 Å². The van der Waals surface area contributed by atoms with Crippen molar-refractivity contribution < 1.29 is 27.4 Å². The Morgan fingerprint density at radius 2 is 1.90 bits per heavy atom. The number of sulfonamides is 1. The Hall–Kier alpha value is -2.33. The summed E-state index contributed by atoms with van der Waals surface area (Å²) >= 11 is 6.30. The van der Waals surface area contributed by atoms with Gasteiger partial charge >= 0.3 is 0 Å². The third kappa shape index (κ3) is 5.48. The minimum Gasteiger partial charge on any atom is -0.493 e. The molecule has 1 fully saturated rings. The highest BCUT2D eigenvalue weighted by molar-refractivity contribution is 7.89. The molecule has 1 amide bonds. The van der Waals surface area contributed by atoms with E-state index in [1.807, 2.05) is 13.8 Å². The predicted molar refractivity (Wildman–Crippen MR) is 118 cm³/mol. The van der Waals surface area contributed by atoms with Crippen LogP contribution in [-0.2, 0) is 14.8 Å². The molecule has 168 valence electrons. The zero-order chi connectivity index (χ0) is 22.6. The summed E-state index contributed by atoms with van der Waals surface area (Å²) in [7, 11) is -2.22. The lowest BCUT2D eigenvalue weighted by Crippen LogP contribution is -2.40. The van der Waals surface area contributed by atoms with E-state index in [1.54, 1.807) is 12.1 Å². The summed E-state index contributed by atoms with van der Waals surface area (Å²) < 4.78 is 43.3. The van der Waals surface area contributed by atoms with Gasteiger partial charge in [0.1, 0.15) is 0 Å². The number of methoxy groups -OCH3 is 1. The summed E-state index contributed by atoms with van der Waals surface area (Å²) in [6.45, 7) is 5.01. The number of anilines is 1. The molecule has 10 heteroatoms. The number of amides is 1. The zero-order valence-electron chi connectivity index (χ0n) is 17.6. The summed E-state index contributed by atoms with van der Waals surface area (Å²) in [4.78, 5) is 12.9. The average molecular weight is 469 g/mol. The van der Waals surface area contributed by atoms with E-state index < -0.39 is 15.9 Å². The molecule has 31 heavy (non-hydrogen) atoms. The number of benzene rings is 2. The fourth-order valence-electron chi connectivity index (χ4n) is 3.07. The minimum absolute atomic E-state index is 0.100. The Kier molecular flexibility index (Phi) is 7.42. The lowest BCUT2D eigenvalue weighted by Gasteiger charge is -2.26. The maximum atomic E-state index is 12.9. The highest BCUT2D eigenvalue weighted by Gasteiger charge is 2.26. The first-order valence-electron chi connectivity index (χ1n) is 9.76. The van der Waals surface area contributed by atoms with Gasteiger partial charge in [-0.15, -0.1) is 0 Å². The van der Waals surface area contributed by atoms with Gasteiger partial charge in [-0.2, -0.15) is 4.31 Å². The summed E-state index contributed by atoms with van der Waals surface area (Å²) in [5.74, 6) is 0.224. The van der Waals surface area contributed by atoms with Crippen molar-refractivity contribution in [1.82, 2.24) is 4.31 Å². The van der Waals surface area contributed by atoms with Crippen LogP contribution in [-0.4, -0.2) is 58.1 Å². The maximum Gasteiger partial charge on any atom is 0.255 e. The van der Waals surface area contributed by atoms with Gasteiger partial charge in [-0.05, 0) is 44.2 Å². The van der Waals surface area contributed by atoms with Crippen molar-refractivity contribution in [2.75, 3.05) is 38.7 Å². The van der Waals surface area contributed by atoms with Crippen LogP contribution in [0.1, 0.15) is 24.2 Å². The zero-order valence-corrected chi connectivity index (χ0v) is 19.1. The number of halogens is 1. The average Bonchev–Trinajstić information content (AvgIpc) is 2.75. The first-order chi connectivity index (χ1) is 14.7. The van der Waals surface area contributed by atoms with Crippen LogP contribution in [0, 0.1) is 0 Å². The van der Waals surface area contributed by atoms with Crippen LogP contribution in [0.3, 0.4) is 0 Å². The number of ether oxygens (including phenoxy) is 3. The molecule has 8 nitrogen and oxygen atoms in total. The Balaban J connectivity index is 1.82. The Bertz CT molecular complexity index is 1050. The lowest BCUT2D eigenvalue weighted by molar-refractivity contribution is 0.0730. The molecule has 2 aromatic carbocycles. The molecule has 0 radical (unpaired) electrons. The van der Waals surface area contributed by atoms with E-state index in [2.05, 4.69) is 5.32 Å². The monoisotopic (exact) mass is 468 g/mol. The molecule has 0 bridgehead atoms. The number of morpholine rings is 1. The Labute approximate surface area is 187 Å². The fourth-order valence-corrected chi connectivity index (χ4v) is 4.78. The number of hydrogen-bond donors (Lipinski definition) is 1. The van der Waals surface area contributed by atoms with E-state index in [-0.39, 0.29) is 21.6 Å². The van der Waals surface area contributed by atoms with Gasteiger partial charge < -0.3 is 19.5 Å².